The lowest BCUT2D eigenvalue weighted by Gasteiger charge is -2.36. The van der Waals surface area contributed by atoms with Crippen molar-refractivity contribution in [1.82, 2.24) is 9.80 Å². The molecule has 0 amide bonds. The van der Waals surface area contributed by atoms with Gasteiger partial charge in [-0.25, -0.2) is 0 Å². The molecule has 2 aromatic rings. The smallest absolute Gasteiger partial charge is 0.0458 e. The van der Waals surface area contributed by atoms with Gasteiger partial charge in [0.1, 0.15) is 0 Å². The van der Waals surface area contributed by atoms with E-state index in [1.54, 1.807) is 0 Å². The van der Waals surface area contributed by atoms with E-state index >= 15 is 0 Å². The molecule has 4 rings (SSSR count). The first-order valence-corrected chi connectivity index (χ1v) is 10.6. The fraction of sp³-hybridized carbons (Fsp3) is 0.391. The first-order valence-electron chi connectivity index (χ1n) is 9.83. The fourth-order valence-corrected chi connectivity index (χ4v) is 4.17. The van der Waals surface area contributed by atoms with Crippen molar-refractivity contribution in [2.45, 2.75) is 37.5 Å². The highest BCUT2D eigenvalue weighted by Crippen LogP contribution is 2.41. The summed E-state index contributed by atoms with van der Waals surface area (Å²) in [5, 5.41) is 0. The summed E-state index contributed by atoms with van der Waals surface area (Å²) in [6.07, 6.45) is 2.37. The van der Waals surface area contributed by atoms with Crippen molar-refractivity contribution in [2.24, 2.45) is 0 Å². The molecule has 140 valence electrons. The Kier molecular flexibility index (Phi) is 8.27. The van der Waals surface area contributed by atoms with Gasteiger partial charge in [0.25, 0.3) is 0 Å². The van der Waals surface area contributed by atoms with Gasteiger partial charge in [-0.2, -0.15) is 0 Å². The van der Waals surface area contributed by atoms with E-state index in [-0.39, 0.29) is 0 Å². The monoisotopic (exact) mass is 368 g/mol. The van der Waals surface area contributed by atoms with Crippen LogP contribution in [0.25, 0.3) is 11.8 Å². The largest absolute Gasteiger partial charge is 0.368 e. The van der Waals surface area contributed by atoms with Crippen molar-refractivity contribution in [2.75, 3.05) is 33.2 Å². The Morgan fingerprint density at radius 3 is 2.00 bits per heavy atom. The minimum absolute atomic E-state index is 1.10. The summed E-state index contributed by atoms with van der Waals surface area (Å²) in [4.78, 5) is 7.65. The van der Waals surface area contributed by atoms with Gasteiger partial charge >= 0.3 is 0 Å². The van der Waals surface area contributed by atoms with Crippen LogP contribution in [0.3, 0.4) is 0 Å². The van der Waals surface area contributed by atoms with Crippen LogP contribution < -0.4 is 0 Å². The zero-order valence-electron chi connectivity index (χ0n) is 16.8. The second-order valence-corrected chi connectivity index (χ2v) is 7.04. The normalized spacial score (nSPS) is 15.9. The van der Waals surface area contributed by atoms with E-state index in [0.29, 0.717) is 0 Å². The van der Waals surface area contributed by atoms with Gasteiger partial charge in [0.2, 0.25) is 0 Å². The maximum atomic E-state index is 2.54. The van der Waals surface area contributed by atoms with Crippen molar-refractivity contribution < 1.29 is 0 Å². The second kappa shape index (κ2) is 10.4. The molecule has 0 saturated carbocycles. The molecule has 2 nitrogen and oxygen atoms in total. The van der Waals surface area contributed by atoms with Crippen molar-refractivity contribution in [3.8, 4) is 0 Å². The summed E-state index contributed by atoms with van der Waals surface area (Å²) in [5.41, 5.74) is 4.08. The van der Waals surface area contributed by atoms with Gasteiger partial charge in [0, 0.05) is 47.2 Å². The third-order valence-corrected chi connectivity index (χ3v) is 5.61. The van der Waals surface area contributed by atoms with Crippen LogP contribution in [-0.4, -0.2) is 43.0 Å². The Bertz CT molecular complexity index is 716. The van der Waals surface area contributed by atoms with E-state index in [9.17, 15) is 0 Å². The topological polar surface area (TPSA) is 6.48 Å². The molecule has 26 heavy (non-hydrogen) atoms. The zero-order chi connectivity index (χ0) is 18.9. The van der Waals surface area contributed by atoms with Crippen LogP contribution in [0.2, 0.25) is 0 Å². The first kappa shape index (κ1) is 20.6. The lowest BCUT2D eigenvalue weighted by Crippen LogP contribution is -2.43. The molecular weight excluding hydrogens is 336 g/mol. The number of hydrogen-bond acceptors (Lipinski definition) is 3. The van der Waals surface area contributed by atoms with Crippen LogP contribution in [-0.2, 0) is 0 Å². The van der Waals surface area contributed by atoms with Gasteiger partial charge in [0.05, 0.1) is 0 Å². The van der Waals surface area contributed by atoms with E-state index in [4.69, 9.17) is 0 Å². The molecule has 0 radical (unpaired) electrons. The minimum atomic E-state index is 1.10. The van der Waals surface area contributed by atoms with E-state index in [0.717, 1.165) is 26.2 Å². The van der Waals surface area contributed by atoms with Crippen LogP contribution in [0.4, 0.5) is 0 Å². The molecule has 0 bridgehead atoms. The maximum absolute atomic E-state index is 2.54. The zero-order valence-corrected chi connectivity index (χ0v) is 17.6. The summed E-state index contributed by atoms with van der Waals surface area (Å²) < 4.78 is 0. The number of hydrogen-bond donors (Lipinski definition) is 0. The molecule has 1 saturated heterocycles. The standard InChI is InChI=1S/C19H20N2S.2C2H6/c1-20-10-12-21(13-11-20)17-14-15-6-2-4-8-18(15)22-19-9-5-3-7-16(17)19;2*1-2/h2-9,14H,10-13H2,1H3;2*1-2H3. The number of rotatable bonds is 1. The highest BCUT2D eigenvalue weighted by molar-refractivity contribution is 7.99. The van der Waals surface area contributed by atoms with Crippen molar-refractivity contribution in [1.29, 1.82) is 0 Å². The number of nitrogens with zero attached hydrogens (tertiary/aromatic N) is 2. The summed E-state index contributed by atoms with van der Waals surface area (Å²) in [5.74, 6) is 0. The molecule has 2 heterocycles. The Labute approximate surface area is 163 Å². The number of likely N-dealkylation sites (N-methyl/N-ethyl adjacent to an activating group) is 1. The Morgan fingerprint density at radius 2 is 1.31 bits per heavy atom. The molecule has 2 aliphatic heterocycles. The number of fused-ring (bicyclic) bond motifs is 2. The Morgan fingerprint density at radius 1 is 0.731 bits per heavy atom. The Balaban J connectivity index is 0.000000570. The van der Waals surface area contributed by atoms with Gasteiger partial charge in [-0.15, -0.1) is 0 Å². The molecule has 0 unspecified atom stereocenters. The predicted octanol–water partition coefficient (Wildman–Crippen LogP) is 5.95. The fourth-order valence-electron chi connectivity index (χ4n) is 3.11. The molecule has 0 aromatic heterocycles. The van der Waals surface area contributed by atoms with Crippen LogP contribution in [0, 0.1) is 0 Å². The maximum Gasteiger partial charge on any atom is 0.0458 e. The molecular formula is C23H32N2S. The Hall–Kier alpha value is -1.71. The van der Waals surface area contributed by atoms with E-state index < -0.39 is 0 Å². The molecule has 3 heteroatoms. The highest BCUT2D eigenvalue weighted by Gasteiger charge is 2.22. The molecule has 0 N–H and O–H groups in total. The van der Waals surface area contributed by atoms with Gasteiger partial charge in [-0.05, 0) is 30.8 Å². The van der Waals surface area contributed by atoms with Crippen LogP contribution in [0.5, 0.6) is 0 Å². The molecule has 0 atom stereocenters. The van der Waals surface area contributed by atoms with Crippen LogP contribution in [0.15, 0.2) is 58.3 Å². The molecule has 0 aliphatic carbocycles. The quantitative estimate of drug-likeness (QED) is 0.614. The molecule has 2 aliphatic rings. The first-order chi connectivity index (χ1) is 12.8. The SMILES string of the molecule is CC.CC.CN1CCN(C2=Cc3ccccc3Sc3ccccc32)CC1. The average Bonchev–Trinajstić information content (AvgIpc) is 2.88. The average molecular weight is 369 g/mol. The van der Waals surface area contributed by atoms with Crippen molar-refractivity contribution in [3.63, 3.8) is 0 Å². The van der Waals surface area contributed by atoms with Crippen LogP contribution >= 0.6 is 11.8 Å². The highest BCUT2D eigenvalue weighted by atomic mass is 32.2. The van der Waals surface area contributed by atoms with Crippen LogP contribution in [0.1, 0.15) is 38.8 Å². The molecule has 1 fully saturated rings. The van der Waals surface area contributed by atoms with E-state index in [1.165, 1.54) is 26.6 Å². The predicted molar refractivity (Wildman–Crippen MR) is 117 cm³/mol. The third-order valence-electron chi connectivity index (χ3n) is 4.44. The van der Waals surface area contributed by atoms with Gasteiger partial charge in [-0.1, -0.05) is 75.9 Å². The lowest BCUT2D eigenvalue weighted by molar-refractivity contribution is 0.207. The lowest BCUT2D eigenvalue weighted by atomic mass is 10.1. The summed E-state index contributed by atoms with van der Waals surface area (Å²) in [7, 11) is 2.21. The third kappa shape index (κ3) is 4.72. The minimum Gasteiger partial charge on any atom is -0.368 e. The second-order valence-electron chi connectivity index (χ2n) is 5.96. The summed E-state index contributed by atoms with van der Waals surface area (Å²) in [6.45, 7) is 12.5. The van der Waals surface area contributed by atoms with Gasteiger partial charge in [-0.3, -0.25) is 0 Å². The summed E-state index contributed by atoms with van der Waals surface area (Å²) in [6, 6.07) is 17.5. The van der Waals surface area contributed by atoms with E-state index in [2.05, 4.69) is 71.5 Å². The van der Waals surface area contributed by atoms with Crippen molar-refractivity contribution in [3.05, 3.63) is 59.7 Å². The van der Waals surface area contributed by atoms with Gasteiger partial charge < -0.3 is 9.80 Å². The van der Waals surface area contributed by atoms with Crippen molar-refractivity contribution >= 4 is 23.5 Å². The van der Waals surface area contributed by atoms with E-state index in [1.807, 2.05) is 39.5 Å². The number of piperazine rings is 1. The van der Waals surface area contributed by atoms with Gasteiger partial charge in [0.15, 0.2) is 0 Å². The summed E-state index contributed by atoms with van der Waals surface area (Å²) >= 11 is 1.88. The number of benzene rings is 2. The molecule has 2 aromatic carbocycles. The molecule has 0 spiro atoms.